The van der Waals surface area contributed by atoms with Crippen molar-refractivity contribution >= 4 is 21.7 Å². The van der Waals surface area contributed by atoms with Gasteiger partial charge in [0.2, 0.25) is 0 Å². The van der Waals surface area contributed by atoms with E-state index in [2.05, 4.69) is 44.1 Å². The summed E-state index contributed by atoms with van der Waals surface area (Å²) in [6.07, 6.45) is 4.36. The molecule has 1 N–H and O–H groups in total. The van der Waals surface area contributed by atoms with Gasteiger partial charge >= 0.3 is 0 Å². The molecule has 1 aromatic heterocycles. The SMILES string of the molecule is COCCNCC1CCN(c2ncc(Br)cc2C)CC1. The third-order valence-electron chi connectivity index (χ3n) is 3.85. The molecular weight excluding hydrogens is 318 g/mol. The summed E-state index contributed by atoms with van der Waals surface area (Å²) < 4.78 is 6.10. The summed E-state index contributed by atoms with van der Waals surface area (Å²) in [5.74, 6) is 1.91. The van der Waals surface area contributed by atoms with E-state index in [9.17, 15) is 0 Å². The predicted molar refractivity (Wildman–Crippen MR) is 86.4 cm³/mol. The summed E-state index contributed by atoms with van der Waals surface area (Å²) in [6.45, 7) is 7.18. The number of hydrogen-bond donors (Lipinski definition) is 1. The molecule has 1 aromatic rings. The van der Waals surface area contributed by atoms with Gasteiger partial charge in [-0.1, -0.05) is 0 Å². The summed E-state index contributed by atoms with van der Waals surface area (Å²) in [5, 5.41) is 3.46. The van der Waals surface area contributed by atoms with Gasteiger partial charge in [0, 0.05) is 37.4 Å². The maximum atomic E-state index is 5.05. The number of pyridine rings is 1. The van der Waals surface area contributed by atoms with Crippen LogP contribution in [0, 0.1) is 12.8 Å². The van der Waals surface area contributed by atoms with Crippen LogP contribution in [0.3, 0.4) is 0 Å². The highest BCUT2D eigenvalue weighted by Crippen LogP contribution is 2.25. The Balaban J connectivity index is 1.79. The molecule has 0 unspecified atom stereocenters. The molecule has 0 saturated carbocycles. The first-order valence-electron chi connectivity index (χ1n) is 7.27. The fourth-order valence-corrected chi connectivity index (χ4v) is 3.14. The molecule has 5 heteroatoms. The van der Waals surface area contributed by atoms with E-state index in [1.807, 2.05) is 6.20 Å². The number of aryl methyl sites for hydroxylation is 1. The largest absolute Gasteiger partial charge is 0.383 e. The second kappa shape index (κ2) is 7.96. The zero-order valence-corrected chi connectivity index (χ0v) is 13.9. The van der Waals surface area contributed by atoms with Gasteiger partial charge < -0.3 is 15.0 Å². The predicted octanol–water partition coefficient (Wildman–Crippen LogP) is 2.60. The molecule has 0 atom stereocenters. The number of anilines is 1. The normalized spacial score (nSPS) is 16.6. The van der Waals surface area contributed by atoms with Gasteiger partial charge in [0.1, 0.15) is 5.82 Å². The molecule has 20 heavy (non-hydrogen) atoms. The van der Waals surface area contributed by atoms with Crippen LogP contribution in [0.4, 0.5) is 5.82 Å². The van der Waals surface area contributed by atoms with E-state index in [4.69, 9.17) is 4.74 Å². The number of piperidine rings is 1. The van der Waals surface area contributed by atoms with Crippen molar-refractivity contribution < 1.29 is 4.74 Å². The minimum atomic E-state index is 0.777. The Morgan fingerprint density at radius 1 is 1.45 bits per heavy atom. The second-order valence-corrected chi connectivity index (χ2v) is 6.34. The molecule has 0 radical (unpaired) electrons. The highest BCUT2D eigenvalue weighted by Gasteiger charge is 2.20. The quantitative estimate of drug-likeness (QED) is 0.807. The maximum absolute atomic E-state index is 5.05. The Labute approximate surface area is 130 Å². The van der Waals surface area contributed by atoms with Crippen molar-refractivity contribution in [2.24, 2.45) is 5.92 Å². The maximum Gasteiger partial charge on any atom is 0.131 e. The lowest BCUT2D eigenvalue weighted by molar-refractivity contribution is 0.196. The summed E-state index contributed by atoms with van der Waals surface area (Å²) >= 11 is 3.47. The van der Waals surface area contributed by atoms with Crippen LogP contribution in [0.25, 0.3) is 0 Å². The zero-order valence-electron chi connectivity index (χ0n) is 12.4. The van der Waals surface area contributed by atoms with Gasteiger partial charge in [0.05, 0.1) is 6.61 Å². The van der Waals surface area contributed by atoms with E-state index in [-0.39, 0.29) is 0 Å². The summed E-state index contributed by atoms with van der Waals surface area (Å²) in [4.78, 5) is 6.97. The van der Waals surface area contributed by atoms with Crippen LogP contribution in [0.2, 0.25) is 0 Å². The molecule has 112 valence electrons. The number of aromatic nitrogens is 1. The van der Waals surface area contributed by atoms with Crippen LogP contribution in [0.15, 0.2) is 16.7 Å². The molecule has 0 spiro atoms. The molecular formula is C15H24BrN3O. The molecule has 1 fully saturated rings. The Kier molecular flexibility index (Phi) is 6.26. The van der Waals surface area contributed by atoms with Crippen LogP contribution in [0.1, 0.15) is 18.4 Å². The number of halogens is 1. The second-order valence-electron chi connectivity index (χ2n) is 5.42. The third-order valence-corrected chi connectivity index (χ3v) is 4.28. The molecule has 1 aliphatic heterocycles. The van der Waals surface area contributed by atoms with Gasteiger partial charge in [-0.3, -0.25) is 0 Å². The van der Waals surface area contributed by atoms with E-state index >= 15 is 0 Å². The van der Waals surface area contributed by atoms with Gasteiger partial charge in [-0.15, -0.1) is 0 Å². The summed E-state index contributed by atoms with van der Waals surface area (Å²) in [7, 11) is 1.74. The molecule has 1 aliphatic rings. The topological polar surface area (TPSA) is 37.4 Å². The molecule has 4 nitrogen and oxygen atoms in total. The average molecular weight is 342 g/mol. The average Bonchev–Trinajstić information content (AvgIpc) is 2.45. The Morgan fingerprint density at radius 3 is 2.85 bits per heavy atom. The first-order valence-corrected chi connectivity index (χ1v) is 8.06. The van der Waals surface area contributed by atoms with Crippen molar-refractivity contribution in [3.8, 4) is 0 Å². The minimum absolute atomic E-state index is 0.777. The van der Waals surface area contributed by atoms with Crippen LogP contribution in [-0.2, 0) is 4.74 Å². The van der Waals surface area contributed by atoms with Crippen molar-refractivity contribution in [2.45, 2.75) is 19.8 Å². The van der Waals surface area contributed by atoms with E-state index in [0.717, 1.165) is 49.0 Å². The molecule has 0 bridgehead atoms. The lowest BCUT2D eigenvalue weighted by Gasteiger charge is -2.33. The first kappa shape index (κ1) is 15.7. The molecule has 0 aliphatic carbocycles. The number of hydrogen-bond acceptors (Lipinski definition) is 4. The Hall–Kier alpha value is -0.650. The van der Waals surface area contributed by atoms with Crippen molar-refractivity contribution in [3.05, 3.63) is 22.3 Å². The van der Waals surface area contributed by atoms with Crippen molar-refractivity contribution in [1.82, 2.24) is 10.3 Å². The molecule has 2 heterocycles. The van der Waals surface area contributed by atoms with Crippen LogP contribution in [-0.4, -0.2) is 44.9 Å². The number of nitrogens with one attached hydrogen (secondary N) is 1. The van der Waals surface area contributed by atoms with Crippen LogP contribution >= 0.6 is 15.9 Å². The van der Waals surface area contributed by atoms with Gasteiger partial charge in [-0.25, -0.2) is 4.98 Å². The number of rotatable bonds is 6. The Morgan fingerprint density at radius 2 is 2.20 bits per heavy atom. The van der Waals surface area contributed by atoms with Crippen LogP contribution < -0.4 is 10.2 Å². The monoisotopic (exact) mass is 341 g/mol. The minimum Gasteiger partial charge on any atom is -0.383 e. The fourth-order valence-electron chi connectivity index (χ4n) is 2.69. The van der Waals surface area contributed by atoms with E-state index < -0.39 is 0 Å². The molecule has 2 rings (SSSR count). The highest BCUT2D eigenvalue weighted by molar-refractivity contribution is 9.10. The van der Waals surface area contributed by atoms with Crippen molar-refractivity contribution in [3.63, 3.8) is 0 Å². The molecule has 1 saturated heterocycles. The highest BCUT2D eigenvalue weighted by atomic mass is 79.9. The first-order chi connectivity index (χ1) is 9.70. The van der Waals surface area contributed by atoms with E-state index in [1.165, 1.54) is 18.4 Å². The lowest BCUT2D eigenvalue weighted by atomic mass is 9.96. The Bertz CT molecular complexity index is 420. The van der Waals surface area contributed by atoms with Gasteiger partial charge in [0.25, 0.3) is 0 Å². The smallest absolute Gasteiger partial charge is 0.131 e. The summed E-state index contributed by atoms with van der Waals surface area (Å²) in [6, 6.07) is 2.14. The van der Waals surface area contributed by atoms with Gasteiger partial charge in [0.15, 0.2) is 0 Å². The van der Waals surface area contributed by atoms with Crippen LogP contribution in [0.5, 0.6) is 0 Å². The third kappa shape index (κ3) is 4.43. The number of nitrogens with zero attached hydrogens (tertiary/aromatic N) is 2. The van der Waals surface area contributed by atoms with Crippen molar-refractivity contribution in [2.75, 3.05) is 44.8 Å². The van der Waals surface area contributed by atoms with E-state index in [0.29, 0.717) is 0 Å². The van der Waals surface area contributed by atoms with Gasteiger partial charge in [-0.05, 0) is 59.8 Å². The fraction of sp³-hybridized carbons (Fsp3) is 0.667. The van der Waals surface area contributed by atoms with E-state index in [1.54, 1.807) is 7.11 Å². The standard InChI is InChI=1S/C15H24BrN3O/c1-12-9-14(16)11-18-15(12)19-6-3-13(4-7-19)10-17-5-8-20-2/h9,11,13,17H,3-8,10H2,1-2H3. The van der Waals surface area contributed by atoms with Crippen molar-refractivity contribution in [1.29, 1.82) is 0 Å². The number of methoxy groups -OCH3 is 1. The lowest BCUT2D eigenvalue weighted by Crippen LogP contribution is -2.38. The number of ether oxygens (including phenoxy) is 1. The zero-order chi connectivity index (χ0) is 14.4. The molecule has 0 aromatic carbocycles. The summed E-state index contributed by atoms with van der Waals surface area (Å²) in [5.41, 5.74) is 1.25. The van der Waals surface area contributed by atoms with Gasteiger partial charge in [-0.2, -0.15) is 0 Å². The molecule has 0 amide bonds.